The zero-order valence-electron chi connectivity index (χ0n) is 8.41. The third-order valence-corrected chi connectivity index (χ3v) is 2.07. The number of hydrogen-bond acceptors (Lipinski definition) is 2. The summed E-state index contributed by atoms with van der Waals surface area (Å²) in [4.78, 5) is 3.76. The lowest BCUT2D eigenvalue weighted by molar-refractivity contribution is 0.622. The highest BCUT2D eigenvalue weighted by molar-refractivity contribution is 6.29. The maximum absolute atomic E-state index is 13.3. The average molecular weight is 236 g/mol. The van der Waals surface area contributed by atoms with Crippen molar-refractivity contribution in [2.45, 2.75) is 0 Å². The van der Waals surface area contributed by atoms with Crippen LogP contribution in [0.4, 0.5) is 4.39 Å². The molecule has 2 heterocycles. The highest BCUT2D eigenvalue weighted by Crippen LogP contribution is 2.10. The summed E-state index contributed by atoms with van der Waals surface area (Å²) in [5, 5.41) is 4.06. The van der Waals surface area contributed by atoms with Crippen molar-refractivity contribution < 1.29 is 4.39 Å². The Morgan fingerprint density at radius 2 is 2.19 bits per heavy atom. The van der Waals surface area contributed by atoms with Crippen LogP contribution in [-0.4, -0.2) is 14.8 Å². The Morgan fingerprint density at radius 3 is 2.81 bits per heavy atom. The second kappa shape index (κ2) is 4.33. The lowest BCUT2D eigenvalue weighted by Gasteiger charge is -1.92. The fourth-order valence-electron chi connectivity index (χ4n) is 1.12. The van der Waals surface area contributed by atoms with Gasteiger partial charge in [0.2, 0.25) is 0 Å². The maximum Gasteiger partial charge on any atom is 0.143 e. The molecule has 0 saturated heterocycles. The van der Waals surface area contributed by atoms with Crippen LogP contribution in [0.25, 0.3) is 0 Å². The van der Waals surface area contributed by atoms with Gasteiger partial charge in [-0.25, -0.2) is 9.37 Å². The Kier molecular flexibility index (Phi) is 2.88. The van der Waals surface area contributed by atoms with Gasteiger partial charge in [0.25, 0.3) is 0 Å². The molecule has 0 saturated carbocycles. The molecule has 16 heavy (non-hydrogen) atoms. The van der Waals surface area contributed by atoms with Crippen molar-refractivity contribution in [2.24, 2.45) is 7.05 Å². The van der Waals surface area contributed by atoms with E-state index in [0.717, 1.165) is 11.6 Å². The molecule has 2 rings (SSSR count). The predicted molar refractivity (Wildman–Crippen MR) is 58.4 cm³/mol. The summed E-state index contributed by atoms with van der Waals surface area (Å²) in [6.07, 6.45) is 4.66. The van der Waals surface area contributed by atoms with Crippen LogP contribution in [0.5, 0.6) is 0 Å². The highest BCUT2D eigenvalue weighted by atomic mass is 35.5. The van der Waals surface area contributed by atoms with Crippen LogP contribution < -0.4 is 0 Å². The van der Waals surface area contributed by atoms with Gasteiger partial charge in [-0.05, 0) is 0 Å². The Morgan fingerprint density at radius 1 is 1.38 bits per heavy atom. The van der Waals surface area contributed by atoms with Gasteiger partial charge in [0.05, 0.1) is 17.3 Å². The fraction of sp³-hybridized carbons (Fsp3) is 0.0909. The average Bonchev–Trinajstić information content (AvgIpc) is 2.63. The van der Waals surface area contributed by atoms with Crippen molar-refractivity contribution in [1.29, 1.82) is 0 Å². The summed E-state index contributed by atoms with van der Waals surface area (Å²) >= 11 is 5.52. The van der Waals surface area contributed by atoms with Gasteiger partial charge in [-0.3, -0.25) is 4.68 Å². The van der Waals surface area contributed by atoms with Crippen LogP contribution in [0, 0.1) is 17.7 Å². The van der Waals surface area contributed by atoms with Crippen LogP contribution in [0.3, 0.4) is 0 Å². The first-order valence-electron chi connectivity index (χ1n) is 4.47. The van der Waals surface area contributed by atoms with Crippen molar-refractivity contribution in [3.63, 3.8) is 0 Å². The van der Waals surface area contributed by atoms with E-state index < -0.39 is 5.82 Å². The zero-order chi connectivity index (χ0) is 11.5. The molecule has 0 bridgehead atoms. The minimum absolute atomic E-state index is 0.115. The second-order valence-electron chi connectivity index (χ2n) is 3.14. The molecular weight excluding hydrogens is 229 g/mol. The number of aryl methyl sites for hydroxylation is 1. The van der Waals surface area contributed by atoms with E-state index in [9.17, 15) is 4.39 Å². The first kappa shape index (κ1) is 10.7. The molecule has 0 atom stereocenters. The van der Waals surface area contributed by atoms with Crippen LogP contribution in [0.2, 0.25) is 5.15 Å². The van der Waals surface area contributed by atoms with Crippen molar-refractivity contribution in [1.82, 2.24) is 14.8 Å². The number of halogens is 2. The predicted octanol–water partition coefficient (Wildman–Crippen LogP) is 2.01. The SMILES string of the molecule is Cn1cc(C#Cc2cnc(Cl)cc2F)cn1. The molecule has 0 radical (unpaired) electrons. The van der Waals surface area contributed by atoms with Crippen molar-refractivity contribution in [3.05, 3.63) is 46.8 Å². The van der Waals surface area contributed by atoms with Crippen molar-refractivity contribution in [3.8, 4) is 11.8 Å². The summed E-state index contributed by atoms with van der Waals surface area (Å²) in [6.45, 7) is 0. The zero-order valence-corrected chi connectivity index (χ0v) is 9.16. The molecule has 3 nitrogen and oxygen atoms in total. The molecule has 5 heteroatoms. The lowest BCUT2D eigenvalue weighted by Crippen LogP contribution is -1.86. The van der Waals surface area contributed by atoms with Gasteiger partial charge in [-0.15, -0.1) is 0 Å². The standard InChI is InChI=1S/C11H7ClFN3/c1-16-7-8(5-15-16)2-3-9-6-14-11(12)4-10(9)13/h4-7H,1H3. The van der Waals surface area contributed by atoms with Gasteiger partial charge >= 0.3 is 0 Å². The topological polar surface area (TPSA) is 30.7 Å². The fourth-order valence-corrected chi connectivity index (χ4v) is 1.27. The van der Waals surface area contributed by atoms with Gasteiger partial charge in [-0.2, -0.15) is 5.10 Å². The van der Waals surface area contributed by atoms with Crippen LogP contribution in [0.1, 0.15) is 11.1 Å². The summed E-state index contributed by atoms with van der Waals surface area (Å²) < 4.78 is 14.9. The quantitative estimate of drug-likeness (QED) is 0.517. The molecule has 80 valence electrons. The number of nitrogens with zero attached hydrogens (tertiary/aromatic N) is 3. The van der Waals surface area contributed by atoms with Crippen molar-refractivity contribution >= 4 is 11.6 Å². The summed E-state index contributed by atoms with van der Waals surface area (Å²) in [5.41, 5.74) is 0.935. The largest absolute Gasteiger partial charge is 0.275 e. The van der Waals surface area contributed by atoms with E-state index in [-0.39, 0.29) is 10.7 Å². The van der Waals surface area contributed by atoms with E-state index in [0.29, 0.717) is 0 Å². The minimum Gasteiger partial charge on any atom is -0.275 e. The molecular formula is C11H7ClFN3. The van der Waals surface area contributed by atoms with Gasteiger partial charge in [0.1, 0.15) is 11.0 Å². The molecule has 2 aromatic heterocycles. The van der Waals surface area contributed by atoms with E-state index in [4.69, 9.17) is 11.6 Å². The number of aromatic nitrogens is 3. The van der Waals surface area contributed by atoms with Gasteiger partial charge in [-0.1, -0.05) is 23.4 Å². The molecule has 0 aliphatic rings. The van der Waals surface area contributed by atoms with E-state index >= 15 is 0 Å². The smallest absolute Gasteiger partial charge is 0.143 e. The Balaban J connectivity index is 2.30. The molecule has 0 aliphatic carbocycles. The van der Waals surface area contributed by atoms with Crippen LogP contribution >= 0.6 is 11.6 Å². The second-order valence-corrected chi connectivity index (χ2v) is 3.53. The monoisotopic (exact) mass is 235 g/mol. The molecule has 0 N–H and O–H groups in total. The first-order valence-corrected chi connectivity index (χ1v) is 4.84. The minimum atomic E-state index is -0.476. The molecule has 0 spiro atoms. The van der Waals surface area contributed by atoms with E-state index in [1.165, 1.54) is 6.20 Å². The molecule has 2 aromatic rings. The van der Waals surface area contributed by atoms with Gasteiger partial charge in [0.15, 0.2) is 0 Å². The normalized spacial score (nSPS) is 9.69. The van der Waals surface area contributed by atoms with Crippen LogP contribution in [-0.2, 0) is 7.05 Å². The maximum atomic E-state index is 13.3. The highest BCUT2D eigenvalue weighted by Gasteiger charge is 2.00. The summed E-state index contributed by atoms with van der Waals surface area (Å²) in [7, 11) is 1.79. The summed E-state index contributed by atoms with van der Waals surface area (Å²) in [6, 6.07) is 1.13. The Bertz CT molecular complexity index is 580. The molecule has 0 aromatic carbocycles. The van der Waals surface area contributed by atoms with E-state index in [1.807, 2.05) is 0 Å². The van der Waals surface area contributed by atoms with E-state index in [1.54, 1.807) is 24.1 Å². The first-order chi connectivity index (χ1) is 7.65. The Hall–Kier alpha value is -1.86. The number of pyridine rings is 1. The molecule has 0 amide bonds. The molecule has 0 unspecified atom stereocenters. The van der Waals surface area contributed by atoms with Crippen LogP contribution in [0.15, 0.2) is 24.7 Å². The third-order valence-electron chi connectivity index (χ3n) is 1.87. The van der Waals surface area contributed by atoms with Gasteiger partial charge in [0, 0.05) is 25.5 Å². The lowest BCUT2D eigenvalue weighted by atomic mass is 10.2. The Labute approximate surface area is 96.9 Å². The number of hydrogen-bond donors (Lipinski definition) is 0. The van der Waals surface area contributed by atoms with Gasteiger partial charge < -0.3 is 0 Å². The molecule has 0 fully saturated rings. The van der Waals surface area contributed by atoms with E-state index in [2.05, 4.69) is 21.9 Å². The summed E-state index contributed by atoms with van der Waals surface area (Å²) in [5.74, 6) is 4.98. The number of rotatable bonds is 0. The molecule has 0 aliphatic heterocycles. The third kappa shape index (κ3) is 2.38. The van der Waals surface area contributed by atoms with Crippen molar-refractivity contribution in [2.75, 3.05) is 0 Å².